The van der Waals surface area contributed by atoms with Gasteiger partial charge in [0.05, 0.1) is 5.69 Å². The standard InChI is InChI=1S/C15H26N2O/c1-12(2)9-16-10-14-15(18-11-17-14)8-7-13-5-3-4-6-13/h11-13,16H,3-10H2,1-2H3. The first-order valence-electron chi connectivity index (χ1n) is 7.37. The summed E-state index contributed by atoms with van der Waals surface area (Å²) in [6, 6.07) is 0. The minimum atomic E-state index is 0.679. The summed E-state index contributed by atoms with van der Waals surface area (Å²) < 4.78 is 5.53. The lowest BCUT2D eigenvalue weighted by molar-refractivity contribution is 0.441. The fraction of sp³-hybridized carbons (Fsp3) is 0.800. The zero-order chi connectivity index (χ0) is 12.8. The predicted octanol–water partition coefficient (Wildman–Crippen LogP) is 3.54. The fourth-order valence-electron chi connectivity index (χ4n) is 2.75. The Hall–Kier alpha value is -0.830. The van der Waals surface area contributed by atoms with E-state index in [1.54, 1.807) is 6.39 Å². The van der Waals surface area contributed by atoms with Crippen molar-refractivity contribution in [2.75, 3.05) is 6.54 Å². The summed E-state index contributed by atoms with van der Waals surface area (Å²) in [5.41, 5.74) is 1.11. The molecule has 2 rings (SSSR count). The highest BCUT2D eigenvalue weighted by atomic mass is 16.3. The molecular weight excluding hydrogens is 224 g/mol. The van der Waals surface area contributed by atoms with Gasteiger partial charge in [-0.05, 0) is 24.8 Å². The van der Waals surface area contributed by atoms with Crippen molar-refractivity contribution in [1.82, 2.24) is 10.3 Å². The molecule has 1 aromatic rings. The van der Waals surface area contributed by atoms with Crippen LogP contribution in [0.4, 0.5) is 0 Å². The van der Waals surface area contributed by atoms with Gasteiger partial charge in [-0.15, -0.1) is 0 Å². The van der Waals surface area contributed by atoms with Gasteiger partial charge in [0.25, 0.3) is 0 Å². The van der Waals surface area contributed by atoms with Gasteiger partial charge in [0.2, 0.25) is 0 Å². The van der Waals surface area contributed by atoms with Crippen LogP contribution in [0.2, 0.25) is 0 Å². The van der Waals surface area contributed by atoms with Crippen LogP contribution in [0, 0.1) is 11.8 Å². The number of nitrogens with zero attached hydrogens (tertiary/aromatic N) is 1. The summed E-state index contributed by atoms with van der Waals surface area (Å²) in [4.78, 5) is 4.33. The lowest BCUT2D eigenvalue weighted by Crippen LogP contribution is -2.19. The molecule has 0 radical (unpaired) electrons. The summed E-state index contributed by atoms with van der Waals surface area (Å²) in [5.74, 6) is 2.70. The molecule has 0 atom stereocenters. The molecule has 102 valence electrons. The first-order valence-corrected chi connectivity index (χ1v) is 7.37. The molecule has 18 heavy (non-hydrogen) atoms. The largest absolute Gasteiger partial charge is 0.448 e. The molecule has 0 saturated heterocycles. The molecule has 0 spiro atoms. The Balaban J connectivity index is 1.75. The number of aromatic nitrogens is 1. The van der Waals surface area contributed by atoms with Gasteiger partial charge >= 0.3 is 0 Å². The third kappa shape index (κ3) is 4.13. The van der Waals surface area contributed by atoms with Crippen LogP contribution in [-0.2, 0) is 13.0 Å². The van der Waals surface area contributed by atoms with Crippen LogP contribution in [0.1, 0.15) is 57.4 Å². The molecule has 1 aliphatic carbocycles. The molecule has 1 N–H and O–H groups in total. The van der Waals surface area contributed by atoms with Gasteiger partial charge in [-0.2, -0.15) is 0 Å². The molecular formula is C15H26N2O. The Morgan fingerprint density at radius 2 is 2.17 bits per heavy atom. The van der Waals surface area contributed by atoms with Gasteiger partial charge in [0.1, 0.15) is 5.76 Å². The van der Waals surface area contributed by atoms with Gasteiger partial charge in [0.15, 0.2) is 6.39 Å². The maximum absolute atomic E-state index is 5.53. The molecule has 0 aromatic carbocycles. The summed E-state index contributed by atoms with van der Waals surface area (Å²) in [6.07, 6.45) is 9.59. The summed E-state index contributed by atoms with van der Waals surface area (Å²) in [6.45, 7) is 6.32. The highest BCUT2D eigenvalue weighted by Crippen LogP contribution is 2.29. The topological polar surface area (TPSA) is 38.1 Å². The lowest BCUT2D eigenvalue weighted by Gasteiger charge is -2.09. The predicted molar refractivity (Wildman–Crippen MR) is 73.3 cm³/mol. The Labute approximate surface area is 110 Å². The molecule has 3 heteroatoms. The van der Waals surface area contributed by atoms with E-state index in [9.17, 15) is 0 Å². The van der Waals surface area contributed by atoms with Crippen molar-refractivity contribution >= 4 is 0 Å². The van der Waals surface area contributed by atoms with Crippen molar-refractivity contribution in [2.45, 2.75) is 58.9 Å². The molecule has 1 aromatic heterocycles. The monoisotopic (exact) mass is 250 g/mol. The van der Waals surface area contributed by atoms with E-state index in [0.29, 0.717) is 5.92 Å². The second-order valence-corrected chi connectivity index (χ2v) is 5.94. The average Bonchev–Trinajstić information content (AvgIpc) is 2.96. The number of hydrogen-bond acceptors (Lipinski definition) is 3. The number of hydrogen-bond donors (Lipinski definition) is 1. The smallest absolute Gasteiger partial charge is 0.181 e. The lowest BCUT2D eigenvalue weighted by atomic mass is 10.0. The number of nitrogens with one attached hydrogen (secondary N) is 1. The maximum Gasteiger partial charge on any atom is 0.181 e. The van der Waals surface area contributed by atoms with Crippen LogP contribution in [0.5, 0.6) is 0 Å². The number of aryl methyl sites for hydroxylation is 1. The molecule has 0 unspecified atom stereocenters. The number of rotatable bonds is 7. The van der Waals surface area contributed by atoms with Gasteiger partial charge in [-0.1, -0.05) is 39.5 Å². The van der Waals surface area contributed by atoms with E-state index in [2.05, 4.69) is 24.1 Å². The Bertz CT molecular complexity index is 340. The van der Waals surface area contributed by atoms with Crippen molar-refractivity contribution in [1.29, 1.82) is 0 Å². The van der Waals surface area contributed by atoms with Crippen molar-refractivity contribution in [2.24, 2.45) is 11.8 Å². The van der Waals surface area contributed by atoms with E-state index in [0.717, 1.165) is 36.9 Å². The molecule has 1 saturated carbocycles. The molecule has 0 amide bonds. The molecule has 1 fully saturated rings. The van der Waals surface area contributed by atoms with Crippen LogP contribution in [0.15, 0.2) is 10.8 Å². The zero-order valence-corrected chi connectivity index (χ0v) is 11.7. The minimum absolute atomic E-state index is 0.679. The Morgan fingerprint density at radius 1 is 1.39 bits per heavy atom. The van der Waals surface area contributed by atoms with Crippen molar-refractivity contribution in [3.05, 3.63) is 17.8 Å². The van der Waals surface area contributed by atoms with E-state index in [4.69, 9.17) is 4.42 Å². The van der Waals surface area contributed by atoms with Gasteiger partial charge in [-0.3, -0.25) is 0 Å². The van der Waals surface area contributed by atoms with E-state index >= 15 is 0 Å². The third-order valence-electron chi connectivity index (χ3n) is 3.82. The van der Waals surface area contributed by atoms with Crippen LogP contribution in [0.3, 0.4) is 0 Å². The van der Waals surface area contributed by atoms with Crippen molar-refractivity contribution < 1.29 is 4.42 Å². The quantitative estimate of drug-likeness (QED) is 0.804. The van der Waals surface area contributed by atoms with Crippen LogP contribution >= 0.6 is 0 Å². The second-order valence-electron chi connectivity index (χ2n) is 5.94. The van der Waals surface area contributed by atoms with Crippen LogP contribution < -0.4 is 5.32 Å². The molecule has 1 aliphatic rings. The van der Waals surface area contributed by atoms with Gasteiger partial charge in [-0.25, -0.2) is 4.98 Å². The van der Waals surface area contributed by atoms with E-state index in [1.807, 2.05) is 0 Å². The molecule has 0 aliphatic heterocycles. The highest BCUT2D eigenvalue weighted by molar-refractivity contribution is 5.07. The summed E-state index contributed by atoms with van der Waals surface area (Å²) >= 11 is 0. The Morgan fingerprint density at radius 3 is 2.89 bits per heavy atom. The highest BCUT2D eigenvalue weighted by Gasteiger charge is 2.16. The van der Waals surface area contributed by atoms with Crippen molar-refractivity contribution in [3.8, 4) is 0 Å². The van der Waals surface area contributed by atoms with Gasteiger partial charge < -0.3 is 9.73 Å². The average molecular weight is 250 g/mol. The Kier molecular flexibility index (Phi) is 5.24. The summed E-state index contributed by atoms with van der Waals surface area (Å²) in [5, 5.41) is 3.43. The van der Waals surface area contributed by atoms with Crippen LogP contribution in [-0.4, -0.2) is 11.5 Å². The fourth-order valence-corrected chi connectivity index (χ4v) is 2.75. The van der Waals surface area contributed by atoms with E-state index in [-0.39, 0.29) is 0 Å². The third-order valence-corrected chi connectivity index (χ3v) is 3.82. The maximum atomic E-state index is 5.53. The van der Waals surface area contributed by atoms with E-state index in [1.165, 1.54) is 32.1 Å². The SMILES string of the molecule is CC(C)CNCc1ncoc1CCC1CCCC1. The van der Waals surface area contributed by atoms with Gasteiger partial charge in [0, 0.05) is 13.0 Å². The molecule has 1 heterocycles. The first-order chi connectivity index (χ1) is 8.75. The molecule has 0 bridgehead atoms. The second kappa shape index (κ2) is 6.93. The summed E-state index contributed by atoms with van der Waals surface area (Å²) in [7, 11) is 0. The van der Waals surface area contributed by atoms with Crippen LogP contribution in [0.25, 0.3) is 0 Å². The molecule has 3 nitrogen and oxygen atoms in total. The number of oxazole rings is 1. The van der Waals surface area contributed by atoms with Crippen molar-refractivity contribution in [3.63, 3.8) is 0 Å². The zero-order valence-electron chi connectivity index (χ0n) is 11.7. The normalized spacial score (nSPS) is 16.8. The van der Waals surface area contributed by atoms with E-state index < -0.39 is 0 Å². The minimum Gasteiger partial charge on any atom is -0.448 e. The first kappa shape index (κ1) is 13.6.